The SMILES string of the molecule is O=C1/C(=C/c2ccc(Cl)cc2)C(F)Sc2ccccc21. The van der Waals surface area contributed by atoms with E-state index in [2.05, 4.69) is 0 Å². The molecule has 2 aromatic rings. The number of benzene rings is 2. The van der Waals surface area contributed by atoms with Crippen LogP contribution in [0.3, 0.4) is 0 Å². The van der Waals surface area contributed by atoms with Crippen LogP contribution in [0.15, 0.2) is 59.0 Å². The molecule has 0 aliphatic carbocycles. The Labute approximate surface area is 125 Å². The van der Waals surface area contributed by atoms with Gasteiger partial charge in [0.25, 0.3) is 0 Å². The van der Waals surface area contributed by atoms with Gasteiger partial charge in [0.1, 0.15) is 0 Å². The molecule has 0 amide bonds. The van der Waals surface area contributed by atoms with Gasteiger partial charge in [-0.15, -0.1) is 0 Å². The molecule has 1 aliphatic rings. The predicted octanol–water partition coefficient (Wildman–Crippen LogP) is 5.01. The second-order valence-electron chi connectivity index (χ2n) is 4.41. The molecular formula is C16H10ClFOS. The second-order valence-corrected chi connectivity index (χ2v) is 5.94. The van der Waals surface area contributed by atoms with Gasteiger partial charge in [0.15, 0.2) is 11.3 Å². The van der Waals surface area contributed by atoms with Crippen molar-refractivity contribution in [3.8, 4) is 0 Å². The van der Waals surface area contributed by atoms with Gasteiger partial charge in [-0.3, -0.25) is 4.79 Å². The molecule has 1 atom stereocenters. The lowest BCUT2D eigenvalue weighted by atomic mass is 10.0. The fourth-order valence-electron chi connectivity index (χ4n) is 2.06. The fourth-order valence-corrected chi connectivity index (χ4v) is 3.16. The maximum atomic E-state index is 14.2. The third-order valence-electron chi connectivity index (χ3n) is 3.06. The third-order valence-corrected chi connectivity index (χ3v) is 4.38. The van der Waals surface area contributed by atoms with E-state index in [1.807, 2.05) is 0 Å². The number of carbonyl (C=O) groups excluding carboxylic acids is 1. The molecule has 1 aliphatic heterocycles. The van der Waals surface area contributed by atoms with Gasteiger partial charge in [0.05, 0.1) is 0 Å². The summed E-state index contributed by atoms with van der Waals surface area (Å²) in [5.41, 5.74) is 0.163. The van der Waals surface area contributed by atoms with Gasteiger partial charge in [0, 0.05) is 21.1 Å². The highest BCUT2D eigenvalue weighted by Crippen LogP contribution is 2.39. The summed E-state index contributed by atoms with van der Waals surface area (Å²) in [5, 5.41) is 0.610. The highest BCUT2D eigenvalue weighted by Gasteiger charge is 2.30. The molecule has 0 saturated carbocycles. The zero-order valence-corrected chi connectivity index (χ0v) is 11.9. The van der Waals surface area contributed by atoms with Gasteiger partial charge in [0.2, 0.25) is 0 Å². The zero-order valence-electron chi connectivity index (χ0n) is 10.3. The Morgan fingerprint density at radius 1 is 1.10 bits per heavy atom. The predicted molar refractivity (Wildman–Crippen MR) is 81.0 cm³/mol. The van der Waals surface area contributed by atoms with E-state index in [4.69, 9.17) is 11.6 Å². The van der Waals surface area contributed by atoms with Gasteiger partial charge >= 0.3 is 0 Å². The first-order chi connectivity index (χ1) is 9.65. The lowest BCUT2D eigenvalue weighted by Crippen LogP contribution is -2.17. The van der Waals surface area contributed by atoms with Crippen molar-refractivity contribution in [2.75, 3.05) is 0 Å². The van der Waals surface area contributed by atoms with Crippen molar-refractivity contribution in [2.24, 2.45) is 0 Å². The largest absolute Gasteiger partial charge is 0.289 e. The average molecular weight is 305 g/mol. The molecule has 0 radical (unpaired) electrons. The topological polar surface area (TPSA) is 17.1 Å². The Kier molecular flexibility index (Phi) is 3.64. The van der Waals surface area contributed by atoms with E-state index < -0.39 is 5.50 Å². The number of rotatable bonds is 1. The highest BCUT2D eigenvalue weighted by atomic mass is 35.5. The Bertz CT molecular complexity index is 694. The van der Waals surface area contributed by atoms with Gasteiger partial charge < -0.3 is 0 Å². The monoisotopic (exact) mass is 304 g/mol. The molecule has 0 spiro atoms. The van der Waals surface area contributed by atoms with Gasteiger partial charge in [-0.05, 0) is 35.9 Å². The first-order valence-corrected chi connectivity index (χ1v) is 7.32. The molecule has 1 heterocycles. The van der Waals surface area contributed by atoms with Crippen LogP contribution in [0.1, 0.15) is 15.9 Å². The van der Waals surface area contributed by atoms with Gasteiger partial charge in [-0.2, -0.15) is 0 Å². The summed E-state index contributed by atoms with van der Waals surface area (Å²) in [6.07, 6.45) is 1.59. The summed E-state index contributed by atoms with van der Waals surface area (Å²) in [6, 6.07) is 14.1. The van der Waals surface area contributed by atoms with Crippen LogP contribution < -0.4 is 0 Å². The molecule has 100 valence electrons. The van der Waals surface area contributed by atoms with E-state index in [1.54, 1.807) is 54.6 Å². The van der Waals surface area contributed by atoms with Crippen molar-refractivity contribution in [1.82, 2.24) is 0 Å². The van der Waals surface area contributed by atoms with E-state index in [-0.39, 0.29) is 11.4 Å². The Balaban J connectivity index is 2.02. The van der Waals surface area contributed by atoms with Crippen molar-refractivity contribution in [2.45, 2.75) is 10.4 Å². The van der Waals surface area contributed by atoms with Crippen LogP contribution in [0.2, 0.25) is 5.02 Å². The number of Topliss-reactive ketones (excluding diaryl/α,β-unsaturated/α-hetero) is 1. The molecule has 1 nitrogen and oxygen atoms in total. The van der Waals surface area contributed by atoms with Crippen LogP contribution in [0.25, 0.3) is 6.08 Å². The fraction of sp³-hybridized carbons (Fsp3) is 0.0625. The number of ketones is 1. The summed E-state index contributed by atoms with van der Waals surface area (Å²) in [7, 11) is 0. The maximum absolute atomic E-state index is 14.2. The summed E-state index contributed by atoms with van der Waals surface area (Å²) < 4.78 is 14.2. The highest BCUT2D eigenvalue weighted by molar-refractivity contribution is 8.00. The van der Waals surface area contributed by atoms with Crippen LogP contribution >= 0.6 is 23.4 Å². The zero-order chi connectivity index (χ0) is 14.1. The number of alkyl halides is 1. The van der Waals surface area contributed by atoms with Gasteiger partial charge in [-0.1, -0.05) is 47.6 Å². The lowest BCUT2D eigenvalue weighted by Gasteiger charge is -2.20. The van der Waals surface area contributed by atoms with Gasteiger partial charge in [-0.25, -0.2) is 4.39 Å². The first kappa shape index (κ1) is 13.4. The van der Waals surface area contributed by atoms with Crippen LogP contribution in [0.4, 0.5) is 4.39 Å². The quantitative estimate of drug-likeness (QED) is 0.689. The van der Waals surface area contributed by atoms with Crippen molar-refractivity contribution < 1.29 is 9.18 Å². The Morgan fingerprint density at radius 3 is 2.55 bits per heavy atom. The Morgan fingerprint density at radius 2 is 1.80 bits per heavy atom. The molecule has 0 saturated heterocycles. The van der Waals surface area contributed by atoms with Crippen molar-refractivity contribution >= 4 is 35.2 Å². The number of carbonyl (C=O) groups is 1. The van der Waals surface area contributed by atoms with E-state index in [0.717, 1.165) is 17.3 Å². The van der Waals surface area contributed by atoms with Crippen molar-refractivity contribution in [3.05, 3.63) is 70.3 Å². The average Bonchev–Trinajstić information content (AvgIpc) is 2.45. The second kappa shape index (κ2) is 5.43. The summed E-state index contributed by atoms with van der Waals surface area (Å²) in [6.45, 7) is 0. The van der Waals surface area contributed by atoms with E-state index >= 15 is 0 Å². The summed E-state index contributed by atoms with van der Waals surface area (Å²) in [4.78, 5) is 13.0. The number of thioether (sulfide) groups is 1. The van der Waals surface area contributed by atoms with E-state index in [9.17, 15) is 9.18 Å². The molecule has 4 heteroatoms. The molecule has 0 bridgehead atoms. The number of fused-ring (bicyclic) bond motifs is 1. The number of hydrogen-bond acceptors (Lipinski definition) is 2. The smallest absolute Gasteiger partial charge is 0.193 e. The van der Waals surface area contributed by atoms with Crippen LogP contribution in [0.5, 0.6) is 0 Å². The third kappa shape index (κ3) is 2.51. The van der Waals surface area contributed by atoms with Crippen LogP contribution in [-0.4, -0.2) is 11.3 Å². The molecular weight excluding hydrogens is 295 g/mol. The molecule has 0 fully saturated rings. The molecule has 0 N–H and O–H groups in total. The van der Waals surface area contributed by atoms with Crippen LogP contribution in [0, 0.1) is 0 Å². The molecule has 1 unspecified atom stereocenters. The molecule has 20 heavy (non-hydrogen) atoms. The van der Waals surface area contributed by atoms with Crippen molar-refractivity contribution in [1.29, 1.82) is 0 Å². The maximum Gasteiger partial charge on any atom is 0.193 e. The minimum Gasteiger partial charge on any atom is -0.289 e. The summed E-state index contributed by atoms with van der Waals surface area (Å²) in [5.74, 6) is -0.248. The van der Waals surface area contributed by atoms with Crippen molar-refractivity contribution in [3.63, 3.8) is 0 Å². The Hall–Kier alpha value is -1.58. The molecule has 0 aromatic heterocycles. The minimum absolute atomic E-state index is 0.177. The van der Waals surface area contributed by atoms with Crippen LogP contribution in [-0.2, 0) is 0 Å². The van der Waals surface area contributed by atoms with E-state index in [1.165, 1.54) is 0 Å². The minimum atomic E-state index is -1.34. The number of halogens is 2. The number of hydrogen-bond donors (Lipinski definition) is 0. The normalized spacial score (nSPS) is 20.0. The standard InChI is InChI=1S/C16H10ClFOS/c17-11-7-5-10(6-8-11)9-13-15(19)12-3-1-2-4-14(12)20-16(13)18/h1-9,16H/b13-9-. The lowest BCUT2D eigenvalue weighted by molar-refractivity contribution is 0.102. The van der Waals surface area contributed by atoms with E-state index in [0.29, 0.717) is 15.5 Å². The first-order valence-electron chi connectivity index (χ1n) is 6.07. The molecule has 3 rings (SSSR count). The molecule has 2 aromatic carbocycles. The summed E-state index contributed by atoms with van der Waals surface area (Å²) >= 11 is 6.88.